The fourth-order valence-corrected chi connectivity index (χ4v) is 2.81. The molecule has 1 aliphatic rings. The summed E-state index contributed by atoms with van der Waals surface area (Å²) in [5.41, 5.74) is 6.29. The third-order valence-electron chi connectivity index (χ3n) is 4.03. The molecule has 0 spiro atoms. The maximum Gasteiger partial charge on any atom is 0.0331 e. The third kappa shape index (κ3) is 2.29. The van der Waals surface area contributed by atoms with Crippen LogP contribution in [0.25, 0.3) is 0 Å². The highest BCUT2D eigenvalue weighted by molar-refractivity contribution is 4.96. The summed E-state index contributed by atoms with van der Waals surface area (Å²) in [4.78, 5) is 2.55. The first-order valence-electron chi connectivity index (χ1n) is 6.09. The summed E-state index contributed by atoms with van der Waals surface area (Å²) >= 11 is 0. The van der Waals surface area contributed by atoms with Crippen molar-refractivity contribution in [1.82, 2.24) is 4.90 Å². The first-order valence-corrected chi connectivity index (χ1v) is 6.09. The van der Waals surface area contributed by atoms with Gasteiger partial charge in [-0.15, -0.1) is 0 Å². The second-order valence-corrected chi connectivity index (χ2v) is 4.88. The number of nitrogens with two attached hydrogens (primary N) is 1. The Morgan fingerprint density at radius 3 is 2.36 bits per heavy atom. The molecule has 2 nitrogen and oxygen atoms in total. The minimum absolute atomic E-state index is 0.328. The first-order chi connectivity index (χ1) is 6.66. The minimum atomic E-state index is 0.328. The number of likely N-dealkylation sites (N-methyl/N-ethyl adjacent to an activating group) is 1. The van der Waals surface area contributed by atoms with E-state index in [1.807, 2.05) is 0 Å². The van der Waals surface area contributed by atoms with Gasteiger partial charge in [0.2, 0.25) is 0 Å². The summed E-state index contributed by atoms with van der Waals surface area (Å²) < 4.78 is 0. The SMILES string of the molecule is CCCC(C)N(C)C1(CN)CCCC1. The number of hydrogen-bond donors (Lipinski definition) is 1. The van der Waals surface area contributed by atoms with Crippen molar-refractivity contribution in [3.8, 4) is 0 Å². The number of hydrogen-bond acceptors (Lipinski definition) is 2. The quantitative estimate of drug-likeness (QED) is 0.735. The van der Waals surface area contributed by atoms with E-state index in [1.54, 1.807) is 0 Å². The zero-order chi connectivity index (χ0) is 10.6. The molecule has 0 saturated heterocycles. The second kappa shape index (κ2) is 5.13. The highest BCUT2D eigenvalue weighted by atomic mass is 15.2. The summed E-state index contributed by atoms with van der Waals surface area (Å²) in [6.45, 7) is 5.42. The molecule has 84 valence electrons. The van der Waals surface area contributed by atoms with Crippen molar-refractivity contribution in [3.05, 3.63) is 0 Å². The molecule has 14 heavy (non-hydrogen) atoms. The van der Waals surface area contributed by atoms with Gasteiger partial charge in [-0.1, -0.05) is 26.2 Å². The summed E-state index contributed by atoms with van der Waals surface area (Å²) in [6.07, 6.45) is 7.88. The number of nitrogens with zero attached hydrogens (tertiary/aromatic N) is 1. The molecule has 0 aromatic heterocycles. The maximum absolute atomic E-state index is 5.96. The zero-order valence-electron chi connectivity index (χ0n) is 10.1. The van der Waals surface area contributed by atoms with Crippen molar-refractivity contribution in [2.75, 3.05) is 13.6 Å². The van der Waals surface area contributed by atoms with Gasteiger partial charge in [0.25, 0.3) is 0 Å². The molecule has 1 rings (SSSR count). The van der Waals surface area contributed by atoms with Crippen LogP contribution < -0.4 is 5.73 Å². The molecular weight excluding hydrogens is 172 g/mol. The van der Waals surface area contributed by atoms with Gasteiger partial charge in [0.15, 0.2) is 0 Å². The van der Waals surface area contributed by atoms with Crippen LogP contribution >= 0.6 is 0 Å². The van der Waals surface area contributed by atoms with Crippen LogP contribution in [-0.4, -0.2) is 30.1 Å². The predicted molar refractivity (Wildman–Crippen MR) is 62.4 cm³/mol. The molecule has 2 heteroatoms. The minimum Gasteiger partial charge on any atom is -0.329 e. The van der Waals surface area contributed by atoms with Crippen LogP contribution in [0.1, 0.15) is 52.4 Å². The van der Waals surface area contributed by atoms with Gasteiger partial charge in [0.1, 0.15) is 0 Å². The highest BCUT2D eigenvalue weighted by Gasteiger charge is 2.37. The second-order valence-electron chi connectivity index (χ2n) is 4.88. The van der Waals surface area contributed by atoms with E-state index >= 15 is 0 Å². The lowest BCUT2D eigenvalue weighted by atomic mass is 9.93. The smallest absolute Gasteiger partial charge is 0.0331 e. The molecular formula is C12H26N2. The molecule has 1 unspecified atom stereocenters. The molecule has 0 radical (unpaired) electrons. The lowest BCUT2D eigenvalue weighted by Crippen LogP contribution is -2.53. The molecule has 1 aliphatic carbocycles. The molecule has 0 heterocycles. The largest absolute Gasteiger partial charge is 0.329 e. The molecule has 0 aromatic carbocycles. The fourth-order valence-electron chi connectivity index (χ4n) is 2.81. The Bertz CT molecular complexity index is 162. The summed E-state index contributed by atoms with van der Waals surface area (Å²) in [7, 11) is 2.26. The molecule has 0 bridgehead atoms. The number of rotatable bonds is 5. The Kier molecular flexibility index (Phi) is 4.39. The maximum atomic E-state index is 5.96. The molecule has 2 N–H and O–H groups in total. The van der Waals surface area contributed by atoms with E-state index in [0.717, 1.165) is 6.54 Å². The van der Waals surface area contributed by atoms with Crippen LogP contribution in [0.15, 0.2) is 0 Å². The zero-order valence-corrected chi connectivity index (χ0v) is 10.1. The average Bonchev–Trinajstić information content (AvgIpc) is 2.66. The topological polar surface area (TPSA) is 29.3 Å². The Hall–Kier alpha value is -0.0800. The van der Waals surface area contributed by atoms with Crippen LogP contribution in [0.3, 0.4) is 0 Å². The lowest BCUT2D eigenvalue weighted by Gasteiger charge is -2.42. The van der Waals surface area contributed by atoms with E-state index in [4.69, 9.17) is 5.73 Å². The van der Waals surface area contributed by atoms with Gasteiger partial charge >= 0.3 is 0 Å². The van der Waals surface area contributed by atoms with Crippen molar-refractivity contribution < 1.29 is 0 Å². The molecule has 0 aliphatic heterocycles. The fraction of sp³-hybridized carbons (Fsp3) is 1.00. The van der Waals surface area contributed by atoms with Gasteiger partial charge in [-0.05, 0) is 33.2 Å². The Balaban J connectivity index is 2.59. The van der Waals surface area contributed by atoms with Crippen LogP contribution in [0.5, 0.6) is 0 Å². The Morgan fingerprint density at radius 2 is 1.93 bits per heavy atom. The molecule has 1 fully saturated rings. The van der Waals surface area contributed by atoms with Crippen LogP contribution in [0, 0.1) is 0 Å². The summed E-state index contributed by atoms with van der Waals surface area (Å²) in [5, 5.41) is 0. The molecule has 0 amide bonds. The van der Waals surface area contributed by atoms with Gasteiger partial charge in [0, 0.05) is 18.1 Å². The first kappa shape index (κ1) is 12.0. The average molecular weight is 198 g/mol. The van der Waals surface area contributed by atoms with E-state index in [-0.39, 0.29) is 0 Å². The normalized spacial score (nSPS) is 22.9. The van der Waals surface area contributed by atoms with Crippen molar-refractivity contribution in [3.63, 3.8) is 0 Å². The van der Waals surface area contributed by atoms with E-state index in [2.05, 4.69) is 25.8 Å². The van der Waals surface area contributed by atoms with E-state index in [9.17, 15) is 0 Å². The van der Waals surface area contributed by atoms with Crippen molar-refractivity contribution in [1.29, 1.82) is 0 Å². The van der Waals surface area contributed by atoms with Crippen LogP contribution in [0.2, 0.25) is 0 Å². The van der Waals surface area contributed by atoms with E-state index in [1.165, 1.54) is 38.5 Å². The molecule has 1 saturated carbocycles. The van der Waals surface area contributed by atoms with Crippen LogP contribution in [0.4, 0.5) is 0 Å². The van der Waals surface area contributed by atoms with Gasteiger partial charge < -0.3 is 5.73 Å². The van der Waals surface area contributed by atoms with E-state index in [0.29, 0.717) is 11.6 Å². The Morgan fingerprint density at radius 1 is 1.36 bits per heavy atom. The van der Waals surface area contributed by atoms with E-state index < -0.39 is 0 Å². The highest BCUT2D eigenvalue weighted by Crippen LogP contribution is 2.35. The summed E-state index contributed by atoms with van der Waals surface area (Å²) in [5.74, 6) is 0. The monoisotopic (exact) mass is 198 g/mol. The van der Waals surface area contributed by atoms with Gasteiger partial charge in [-0.3, -0.25) is 4.90 Å². The standard InChI is InChI=1S/C12H26N2/c1-4-7-11(2)14(3)12(10-13)8-5-6-9-12/h11H,4-10,13H2,1-3H3. The Labute approximate surface area is 88.8 Å². The van der Waals surface area contributed by atoms with Crippen molar-refractivity contribution in [2.45, 2.75) is 64.0 Å². The van der Waals surface area contributed by atoms with Gasteiger partial charge in [0.05, 0.1) is 0 Å². The van der Waals surface area contributed by atoms with Crippen LogP contribution in [-0.2, 0) is 0 Å². The summed E-state index contributed by atoms with van der Waals surface area (Å²) in [6, 6.07) is 0.682. The van der Waals surface area contributed by atoms with Crippen molar-refractivity contribution >= 4 is 0 Å². The molecule has 1 atom stereocenters. The molecule has 0 aromatic rings. The lowest BCUT2D eigenvalue weighted by molar-refractivity contribution is 0.0850. The third-order valence-corrected chi connectivity index (χ3v) is 4.03. The van der Waals surface area contributed by atoms with Gasteiger partial charge in [-0.25, -0.2) is 0 Å². The van der Waals surface area contributed by atoms with Gasteiger partial charge in [-0.2, -0.15) is 0 Å². The predicted octanol–water partition coefficient (Wildman–Crippen LogP) is 2.38. The van der Waals surface area contributed by atoms with Crippen molar-refractivity contribution in [2.24, 2.45) is 5.73 Å².